The molecule has 0 aliphatic carbocycles. The van der Waals surface area contributed by atoms with Gasteiger partial charge in [-0.2, -0.15) is 0 Å². The van der Waals surface area contributed by atoms with Gasteiger partial charge in [0, 0.05) is 12.1 Å². The van der Waals surface area contributed by atoms with Crippen LogP contribution in [-0.2, 0) is 4.79 Å². The molecule has 2 aromatic carbocycles. The maximum Gasteiger partial charge on any atom is 0.255 e. The van der Waals surface area contributed by atoms with Gasteiger partial charge in [-0.1, -0.05) is 37.6 Å². The number of hydrogen-bond donors (Lipinski definition) is 2. The van der Waals surface area contributed by atoms with Crippen LogP contribution in [0.4, 0.5) is 5.69 Å². The van der Waals surface area contributed by atoms with Gasteiger partial charge < -0.3 is 24.8 Å². The second-order valence-electron chi connectivity index (χ2n) is 6.80. The van der Waals surface area contributed by atoms with E-state index in [2.05, 4.69) is 10.6 Å². The molecular formula is C22H27ClN2O5. The average Bonchev–Trinajstić information content (AvgIpc) is 2.73. The molecule has 0 aliphatic rings. The third-order valence-corrected chi connectivity index (χ3v) is 4.71. The zero-order chi connectivity index (χ0) is 22.3. The van der Waals surface area contributed by atoms with Crippen molar-refractivity contribution >= 4 is 29.1 Å². The maximum atomic E-state index is 13.0. The summed E-state index contributed by atoms with van der Waals surface area (Å²) in [6.07, 6.45) is 0. The number of ether oxygens (including phenoxy) is 3. The van der Waals surface area contributed by atoms with E-state index in [0.29, 0.717) is 35.1 Å². The van der Waals surface area contributed by atoms with E-state index in [9.17, 15) is 9.59 Å². The van der Waals surface area contributed by atoms with Gasteiger partial charge in [-0.3, -0.25) is 9.59 Å². The van der Waals surface area contributed by atoms with Crippen molar-refractivity contribution in [3.63, 3.8) is 0 Å². The summed E-state index contributed by atoms with van der Waals surface area (Å²) >= 11 is 6.27. The standard InChI is InChI=1S/C22H27ClN2O5/c1-6-30-17-10-8-7-9-14(17)21(26)25-20(13(2)3)22(27)24-16-12-19(29-5)18(28-4)11-15(16)23/h7-13,20H,6H2,1-5H3,(H,24,27)(H,25,26). The van der Waals surface area contributed by atoms with Crippen molar-refractivity contribution in [3.8, 4) is 17.2 Å². The first-order valence-corrected chi connectivity index (χ1v) is 9.95. The molecule has 0 fully saturated rings. The highest BCUT2D eigenvalue weighted by Crippen LogP contribution is 2.36. The predicted molar refractivity (Wildman–Crippen MR) is 117 cm³/mol. The number of halogens is 1. The summed E-state index contributed by atoms with van der Waals surface area (Å²) in [7, 11) is 2.99. The lowest BCUT2D eigenvalue weighted by molar-refractivity contribution is -0.118. The molecule has 1 unspecified atom stereocenters. The number of para-hydroxylation sites is 1. The SMILES string of the molecule is CCOc1ccccc1C(=O)NC(C(=O)Nc1cc(OC)c(OC)cc1Cl)C(C)C. The molecule has 0 radical (unpaired) electrons. The molecular weight excluding hydrogens is 408 g/mol. The van der Waals surface area contributed by atoms with Gasteiger partial charge in [0.15, 0.2) is 11.5 Å². The number of benzene rings is 2. The normalized spacial score (nSPS) is 11.6. The Morgan fingerprint density at radius 2 is 1.67 bits per heavy atom. The van der Waals surface area contributed by atoms with Crippen molar-refractivity contribution in [3.05, 3.63) is 47.0 Å². The van der Waals surface area contributed by atoms with Crippen molar-refractivity contribution in [2.24, 2.45) is 5.92 Å². The van der Waals surface area contributed by atoms with Crippen molar-refractivity contribution in [1.82, 2.24) is 5.32 Å². The van der Waals surface area contributed by atoms with Gasteiger partial charge in [-0.25, -0.2) is 0 Å². The van der Waals surface area contributed by atoms with E-state index in [0.717, 1.165) is 0 Å². The quantitative estimate of drug-likeness (QED) is 0.619. The van der Waals surface area contributed by atoms with E-state index in [1.165, 1.54) is 14.2 Å². The lowest BCUT2D eigenvalue weighted by atomic mass is 10.0. The molecule has 162 valence electrons. The molecule has 1 atom stereocenters. The van der Waals surface area contributed by atoms with Crippen LogP contribution in [0, 0.1) is 5.92 Å². The molecule has 0 aromatic heterocycles. The molecule has 2 aromatic rings. The maximum absolute atomic E-state index is 13.0. The summed E-state index contributed by atoms with van der Waals surface area (Å²) in [4.78, 5) is 25.8. The molecule has 2 N–H and O–H groups in total. The average molecular weight is 435 g/mol. The van der Waals surface area contributed by atoms with Gasteiger partial charge >= 0.3 is 0 Å². The van der Waals surface area contributed by atoms with Crippen LogP contribution in [0.2, 0.25) is 5.02 Å². The van der Waals surface area contributed by atoms with E-state index >= 15 is 0 Å². The minimum absolute atomic E-state index is 0.174. The molecule has 7 nitrogen and oxygen atoms in total. The van der Waals surface area contributed by atoms with Crippen LogP contribution in [-0.4, -0.2) is 38.7 Å². The molecule has 0 heterocycles. The lowest BCUT2D eigenvalue weighted by Crippen LogP contribution is -2.47. The van der Waals surface area contributed by atoms with Gasteiger partial charge in [-0.15, -0.1) is 0 Å². The van der Waals surface area contributed by atoms with Crippen LogP contribution in [0.1, 0.15) is 31.1 Å². The topological polar surface area (TPSA) is 85.9 Å². The fourth-order valence-corrected chi connectivity index (χ4v) is 3.05. The summed E-state index contributed by atoms with van der Waals surface area (Å²) in [5.41, 5.74) is 0.718. The number of amides is 2. The molecule has 2 rings (SSSR count). The zero-order valence-corrected chi connectivity index (χ0v) is 18.5. The third-order valence-electron chi connectivity index (χ3n) is 4.40. The minimum Gasteiger partial charge on any atom is -0.493 e. The van der Waals surface area contributed by atoms with E-state index in [-0.39, 0.29) is 10.9 Å². The smallest absolute Gasteiger partial charge is 0.255 e. The number of methoxy groups -OCH3 is 2. The van der Waals surface area contributed by atoms with Crippen molar-refractivity contribution in [2.45, 2.75) is 26.8 Å². The van der Waals surface area contributed by atoms with Gasteiger partial charge in [0.1, 0.15) is 11.8 Å². The van der Waals surface area contributed by atoms with Crippen LogP contribution in [0.3, 0.4) is 0 Å². The van der Waals surface area contributed by atoms with E-state index in [1.807, 2.05) is 20.8 Å². The first-order chi connectivity index (χ1) is 14.3. The zero-order valence-electron chi connectivity index (χ0n) is 17.7. The number of nitrogens with one attached hydrogen (secondary N) is 2. The van der Waals surface area contributed by atoms with E-state index < -0.39 is 17.9 Å². The molecule has 2 amide bonds. The molecule has 0 saturated carbocycles. The van der Waals surface area contributed by atoms with Crippen LogP contribution in [0.5, 0.6) is 17.2 Å². The Hall–Kier alpha value is -2.93. The lowest BCUT2D eigenvalue weighted by Gasteiger charge is -2.23. The van der Waals surface area contributed by atoms with Gasteiger partial charge in [0.25, 0.3) is 5.91 Å². The van der Waals surface area contributed by atoms with Crippen LogP contribution in [0.15, 0.2) is 36.4 Å². The molecule has 0 aliphatic heterocycles. The monoisotopic (exact) mass is 434 g/mol. The minimum atomic E-state index is -0.795. The number of hydrogen-bond acceptors (Lipinski definition) is 5. The highest BCUT2D eigenvalue weighted by Gasteiger charge is 2.27. The van der Waals surface area contributed by atoms with Crippen LogP contribution < -0.4 is 24.8 Å². The number of carbonyl (C=O) groups is 2. The highest BCUT2D eigenvalue weighted by atomic mass is 35.5. The number of rotatable bonds is 9. The first-order valence-electron chi connectivity index (χ1n) is 9.57. The highest BCUT2D eigenvalue weighted by molar-refractivity contribution is 6.34. The molecule has 8 heteroatoms. The molecule has 30 heavy (non-hydrogen) atoms. The second-order valence-corrected chi connectivity index (χ2v) is 7.21. The summed E-state index contributed by atoms with van der Waals surface area (Å²) in [6, 6.07) is 9.22. The first kappa shape index (κ1) is 23.3. The van der Waals surface area contributed by atoms with Gasteiger partial charge in [0.2, 0.25) is 5.91 Å². The predicted octanol–water partition coefficient (Wildman–Crippen LogP) is 4.15. The largest absolute Gasteiger partial charge is 0.493 e. The molecule has 0 saturated heterocycles. The Bertz CT molecular complexity index is 901. The fourth-order valence-electron chi connectivity index (χ4n) is 2.85. The van der Waals surface area contributed by atoms with Crippen LogP contribution in [0.25, 0.3) is 0 Å². The summed E-state index contributed by atoms with van der Waals surface area (Å²) in [5, 5.41) is 5.84. The van der Waals surface area contributed by atoms with Gasteiger partial charge in [0.05, 0.1) is 37.1 Å². The molecule has 0 spiro atoms. The molecule has 0 bridgehead atoms. The number of carbonyl (C=O) groups excluding carboxylic acids is 2. The van der Waals surface area contributed by atoms with E-state index in [4.69, 9.17) is 25.8 Å². The Kier molecular flexibility index (Phi) is 8.35. The van der Waals surface area contributed by atoms with Gasteiger partial charge in [-0.05, 0) is 25.0 Å². The van der Waals surface area contributed by atoms with Crippen molar-refractivity contribution in [1.29, 1.82) is 0 Å². The Balaban J connectivity index is 2.23. The summed E-state index contributed by atoms with van der Waals surface area (Å²) in [5.74, 6) is 0.359. The van der Waals surface area contributed by atoms with Crippen molar-refractivity contribution in [2.75, 3.05) is 26.1 Å². The Labute approximate surface area is 181 Å². The fraction of sp³-hybridized carbons (Fsp3) is 0.364. The van der Waals surface area contributed by atoms with Crippen molar-refractivity contribution < 1.29 is 23.8 Å². The van der Waals surface area contributed by atoms with Crippen LogP contribution >= 0.6 is 11.6 Å². The Morgan fingerprint density at radius 3 is 2.27 bits per heavy atom. The summed E-state index contributed by atoms with van der Waals surface area (Å²) < 4.78 is 16.0. The second kappa shape index (κ2) is 10.7. The third kappa shape index (κ3) is 5.57. The summed E-state index contributed by atoms with van der Waals surface area (Å²) in [6.45, 7) is 5.95. The van der Waals surface area contributed by atoms with E-state index in [1.54, 1.807) is 36.4 Å². The number of anilines is 1. The Morgan fingerprint density at radius 1 is 1.03 bits per heavy atom.